The summed E-state index contributed by atoms with van der Waals surface area (Å²) >= 11 is 0. The van der Waals surface area contributed by atoms with Gasteiger partial charge >= 0.3 is 0 Å². The highest BCUT2D eigenvalue weighted by molar-refractivity contribution is 6.35. The van der Waals surface area contributed by atoms with E-state index in [1.165, 1.54) is 54.3 Å². The minimum absolute atomic E-state index is 0.828. The minimum atomic E-state index is 0.828. The van der Waals surface area contributed by atoms with E-state index in [2.05, 4.69) is 149 Å². The van der Waals surface area contributed by atoms with Crippen molar-refractivity contribution < 1.29 is 4.42 Å². The Morgan fingerprint density at radius 3 is 2.29 bits per heavy atom. The summed E-state index contributed by atoms with van der Waals surface area (Å²) in [6, 6.07) is 54.3. The van der Waals surface area contributed by atoms with Gasteiger partial charge in [-0.3, -0.25) is 4.57 Å². The van der Waals surface area contributed by atoms with E-state index >= 15 is 0 Å². The average Bonchev–Trinajstić information content (AvgIpc) is 3.90. The zero-order valence-corrected chi connectivity index (χ0v) is 27.4. The summed E-state index contributed by atoms with van der Waals surface area (Å²) in [5.41, 5.74) is 9.83. The van der Waals surface area contributed by atoms with Gasteiger partial charge in [-0.25, -0.2) is 4.99 Å². The molecule has 0 spiro atoms. The van der Waals surface area contributed by atoms with E-state index in [4.69, 9.17) is 9.41 Å². The maximum absolute atomic E-state index is 6.75. The lowest BCUT2D eigenvalue weighted by Gasteiger charge is -2.15. The summed E-state index contributed by atoms with van der Waals surface area (Å²) < 4.78 is 11.5. The Balaban J connectivity index is 1.22. The van der Waals surface area contributed by atoms with Crippen LogP contribution in [-0.4, -0.2) is 14.7 Å². The molecular weight excluding hydrogens is 623 g/mol. The Bertz CT molecular complexity index is 3310. The van der Waals surface area contributed by atoms with Crippen molar-refractivity contribution in [3.05, 3.63) is 169 Å². The minimum Gasteiger partial charge on any atom is -0.454 e. The van der Waals surface area contributed by atoms with E-state index in [-0.39, 0.29) is 0 Å². The number of hydrogen-bond acceptors (Lipinski definition) is 2. The first-order valence-electron chi connectivity index (χ1n) is 17.5. The second-order valence-corrected chi connectivity index (χ2v) is 13.6. The molecule has 51 heavy (non-hydrogen) atoms. The number of aryl methyl sites for hydroxylation is 1. The molecule has 0 radical (unpaired) electrons. The molecule has 0 aliphatic carbocycles. The fourth-order valence-electron chi connectivity index (χ4n) is 8.84. The van der Waals surface area contributed by atoms with Crippen molar-refractivity contribution in [3.63, 3.8) is 0 Å². The maximum atomic E-state index is 6.75. The summed E-state index contributed by atoms with van der Waals surface area (Å²) in [5.74, 6) is 1.74. The van der Waals surface area contributed by atoms with E-state index in [0.717, 1.165) is 68.6 Å². The Morgan fingerprint density at radius 2 is 1.39 bits per heavy atom. The standard InChI is InChI=1S/C47H27N3O/c1-2-13-29-26-30(25-24-28(29)12-1)45-47-33(32-15-6-10-22-41(32)51-47)18-11-23-42(48-45)49-38-20-8-4-16-34(38)43-40(49)27-36-31-14-3-7-19-37(31)50-39-21-9-5-17-35(39)44(43)46(36)50/h1-2,4-10,12-13,15-17,19-27H,11,18H2/b42-23+,48-45-. The lowest BCUT2D eigenvalue weighted by molar-refractivity contribution is 0.599. The largest absolute Gasteiger partial charge is 0.454 e. The second kappa shape index (κ2) is 9.88. The van der Waals surface area contributed by atoms with Gasteiger partial charge in [-0.15, -0.1) is 0 Å². The molecule has 0 amide bonds. The summed E-state index contributed by atoms with van der Waals surface area (Å²) in [5, 5.41) is 10.8. The van der Waals surface area contributed by atoms with Crippen LogP contribution >= 0.6 is 0 Å². The number of fused-ring (bicyclic) bond motifs is 14. The Kier molecular flexibility index (Phi) is 5.24. The van der Waals surface area contributed by atoms with Crippen LogP contribution in [-0.2, 0) is 6.42 Å². The van der Waals surface area contributed by atoms with E-state index in [0.29, 0.717) is 0 Å². The van der Waals surface area contributed by atoms with E-state index in [9.17, 15) is 0 Å². The quantitative estimate of drug-likeness (QED) is 0.184. The van der Waals surface area contributed by atoms with Crippen molar-refractivity contribution in [2.75, 3.05) is 0 Å². The van der Waals surface area contributed by atoms with Crippen LogP contribution in [0.4, 0.5) is 0 Å². The van der Waals surface area contributed by atoms with Crippen LogP contribution in [0.2, 0.25) is 0 Å². The fraction of sp³-hybridized carbons (Fsp3) is 0.0426. The van der Waals surface area contributed by atoms with Gasteiger partial charge in [0, 0.05) is 43.4 Å². The number of para-hydroxylation sites is 3. The number of nitrogens with zero attached hydrogens (tertiary/aromatic N) is 3. The topological polar surface area (TPSA) is 34.8 Å². The molecule has 4 heteroatoms. The molecule has 0 saturated carbocycles. The molecule has 0 bridgehead atoms. The zero-order chi connectivity index (χ0) is 33.2. The molecule has 1 aliphatic heterocycles. The normalized spacial score (nSPS) is 15.8. The van der Waals surface area contributed by atoms with Crippen molar-refractivity contribution in [2.24, 2.45) is 4.99 Å². The van der Waals surface area contributed by atoms with E-state index < -0.39 is 0 Å². The van der Waals surface area contributed by atoms with Gasteiger partial charge in [-0.1, -0.05) is 103 Å². The summed E-state index contributed by atoms with van der Waals surface area (Å²) in [7, 11) is 0. The van der Waals surface area contributed by atoms with Crippen molar-refractivity contribution in [1.82, 2.24) is 8.97 Å². The highest BCUT2D eigenvalue weighted by atomic mass is 16.3. The van der Waals surface area contributed by atoms with E-state index in [1.807, 2.05) is 12.1 Å². The van der Waals surface area contributed by atoms with Gasteiger partial charge in [-0.05, 0) is 72.2 Å². The Hall–Kier alpha value is -6.83. The SMILES string of the molecule is c1ccc2c(c#1)c1cc3c(c4ccccc4n3C3=C/CCc4c(oc5ccccc45)/C(c4ccc5ccccc5c4)=N\3)c3c4ccccc4n2c13. The van der Waals surface area contributed by atoms with Crippen LogP contribution < -0.4 is 0 Å². The highest BCUT2D eigenvalue weighted by Crippen LogP contribution is 2.46. The Labute approximate surface area is 292 Å². The average molecular weight is 650 g/mol. The third kappa shape index (κ3) is 3.57. The predicted molar refractivity (Wildman–Crippen MR) is 210 cm³/mol. The van der Waals surface area contributed by atoms with Crippen LogP contribution in [0.15, 0.2) is 149 Å². The van der Waals surface area contributed by atoms with Crippen molar-refractivity contribution >= 4 is 93.2 Å². The maximum Gasteiger partial charge on any atom is 0.157 e. The van der Waals surface area contributed by atoms with E-state index in [1.54, 1.807) is 0 Å². The van der Waals surface area contributed by atoms with Crippen LogP contribution in [0.5, 0.6) is 0 Å². The molecule has 11 aromatic rings. The number of aliphatic imine (C=N–C) groups is 1. The number of rotatable bonds is 2. The number of allylic oxidation sites excluding steroid dienone is 1. The first kappa shape index (κ1) is 27.0. The number of furan rings is 1. The number of aromatic nitrogens is 2. The van der Waals surface area contributed by atoms with Gasteiger partial charge in [0.05, 0.1) is 33.0 Å². The number of benzene rings is 6. The molecular formula is C47H27N3O. The molecule has 1 aliphatic rings. The molecule has 0 fully saturated rings. The Morgan fingerprint density at radius 1 is 0.627 bits per heavy atom. The molecule has 4 aromatic heterocycles. The lowest BCUT2D eigenvalue weighted by atomic mass is 9.97. The monoisotopic (exact) mass is 649 g/mol. The molecule has 0 unspecified atom stereocenters. The molecule has 5 heterocycles. The van der Waals surface area contributed by atoms with Gasteiger partial charge in [0.2, 0.25) is 0 Å². The van der Waals surface area contributed by atoms with Crippen LogP contribution in [0.25, 0.3) is 87.5 Å². The molecule has 0 atom stereocenters. The van der Waals surface area contributed by atoms with Gasteiger partial charge in [0.1, 0.15) is 17.1 Å². The molecule has 7 aromatic carbocycles. The third-order valence-electron chi connectivity index (χ3n) is 11.0. The first-order valence-corrected chi connectivity index (χ1v) is 17.5. The lowest BCUT2D eigenvalue weighted by Crippen LogP contribution is -2.10. The predicted octanol–water partition coefficient (Wildman–Crippen LogP) is 11.7. The van der Waals surface area contributed by atoms with Gasteiger partial charge < -0.3 is 8.82 Å². The molecule has 4 nitrogen and oxygen atoms in total. The van der Waals surface area contributed by atoms with Crippen LogP contribution in [0, 0.1) is 12.1 Å². The van der Waals surface area contributed by atoms with Crippen molar-refractivity contribution in [1.29, 1.82) is 0 Å². The zero-order valence-electron chi connectivity index (χ0n) is 27.4. The van der Waals surface area contributed by atoms with Crippen molar-refractivity contribution in [2.45, 2.75) is 12.8 Å². The van der Waals surface area contributed by atoms with Crippen LogP contribution in [0.1, 0.15) is 23.3 Å². The first-order chi connectivity index (χ1) is 25.3. The fourth-order valence-corrected chi connectivity index (χ4v) is 8.84. The highest BCUT2D eigenvalue weighted by Gasteiger charge is 2.27. The van der Waals surface area contributed by atoms with Crippen LogP contribution in [0.3, 0.4) is 0 Å². The van der Waals surface area contributed by atoms with Gasteiger partial charge in [0.25, 0.3) is 0 Å². The van der Waals surface area contributed by atoms with Gasteiger partial charge in [0.15, 0.2) is 5.76 Å². The smallest absolute Gasteiger partial charge is 0.157 e. The number of hydrogen-bond donors (Lipinski definition) is 0. The van der Waals surface area contributed by atoms with Crippen molar-refractivity contribution in [3.8, 4) is 0 Å². The summed E-state index contributed by atoms with van der Waals surface area (Å²) in [4.78, 5) is 5.66. The molecule has 236 valence electrons. The summed E-state index contributed by atoms with van der Waals surface area (Å²) in [6.07, 6.45) is 3.99. The molecule has 12 rings (SSSR count). The van der Waals surface area contributed by atoms with Gasteiger partial charge in [-0.2, -0.15) is 0 Å². The summed E-state index contributed by atoms with van der Waals surface area (Å²) in [6.45, 7) is 0. The second-order valence-electron chi connectivity index (χ2n) is 13.6. The molecule has 0 N–H and O–H groups in total. The third-order valence-corrected chi connectivity index (χ3v) is 11.0. The molecule has 0 saturated heterocycles.